The molecule has 1 saturated heterocycles. The van der Waals surface area contributed by atoms with Gasteiger partial charge < -0.3 is 5.11 Å². The maximum absolute atomic E-state index is 11.1. The van der Waals surface area contributed by atoms with Crippen LogP contribution in [0.2, 0.25) is 0 Å². The summed E-state index contributed by atoms with van der Waals surface area (Å²) in [5, 5.41) is 9.15. The van der Waals surface area contributed by atoms with Crippen LogP contribution in [-0.2, 0) is 11.3 Å². The lowest BCUT2D eigenvalue weighted by Crippen LogP contribution is -2.43. The fourth-order valence-electron chi connectivity index (χ4n) is 2.57. The Morgan fingerprint density at radius 1 is 1.37 bits per heavy atom. The van der Waals surface area contributed by atoms with Crippen molar-refractivity contribution in [2.45, 2.75) is 37.2 Å². The number of thioether (sulfide) groups is 1. The highest BCUT2D eigenvalue weighted by Crippen LogP contribution is 2.24. The first-order valence-electron chi connectivity index (χ1n) is 6.70. The van der Waals surface area contributed by atoms with Crippen LogP contribution in [0, 0.1) is 5.92 Å². The molecule has 19 heavy (non-hydrogen) atoms. The largest absolute Gasteiger partial charge is 0.481 e. The van der Waals surface area contributed by atoms with Crippen LogP contribution in [0.1, 0.15) is 25.3 Å². The Morgan fingerprint density at radius 2 is 2.05 bits per heavy atom. The SMILES string of the molecule is CSc1ccc(CN2CC(C(=O)O)CCC2C)cc1. The Kier molecular flexibility index (Phi) is 4.88. The zero-order valence-corrected chi connectivity index (χ0v) is 12.3. The van der Waals surface area contributed by atoms with E-state index in [4.69, 9.17) is 5.11 Å². The predicted molar refractivity (Wildman–Crippen MR) is 78.5 cm³/mol. The van der Waals surface area contributed by atoms with Gasteiger partial charge in [0.2, 0.25) is 0 Å². The van der Waals surface area contributed by atoms with Crippen LogP contribution >= 0.6 is 11.8 Å². The molecule has 0 aliphatic carbocycles. The van der Waals surface area contributed by atoms with E-state index in [0.29, 0.717) is 12.6 Å². The lowest BCUT2D eigenvalue weighted by Gasteiger charge is -2.36. The van der Waals surface area contributed by atoms with Crippen LogP contribution in [0.5, 0.6) is 0 Å². The number of carboxylic acids is 1. The molecule has 1 aliphatic rings. The molecule has 4 heteroatoms. The second-order valence-corrected chi connectivity index (χ2v) is 6.12. The first kappa shape index (κ1) is 14.4. The zero-order valence-electron chi connectivity index (χ0n) is 11.5. The lowest BCUT2D eigenvalue weighted by molar-refractivity contribution is -0.144. The zero-order chi connectivity index (χ0) is 13.8. The molecule has 1 aromatic carbocycles. The fraction of sp³-hybridized carbons (Fsp3) is 0.533. The highest BCUT2D eigenvalue weighted by Gasteiger charge is 2.29. The Hall–Kier alpha value is -1.00. The Balaban J connectivity index is 2.01. The molecule has 1 N–H and O–H groups in total. The van der Waals surface area contributed by atoms with Gasteiger partial charge in [0.05, 0.1) is 5.92 Å². The number of aliphatic carboxylic acids is 1. The first-order valence-corrected chi connectivity index (χ1v) is 7.92. The van der Waals surface area contributed by atoms with Crippen molar-refractivity contribution in [1.82, 2.24) is 4.90 Å². The number of piperidine rings is 1. The maximum Gasteiger partial charge on any atom is 0.307 e. The van der Waals surface area contributed by atoms with Crippen LogP contribution in [0.4, 0.5) is 0 Å². The fourth-order valence-corrected chi connectivity index (χ4v) is 2.97. The maximum atomic E-state index is 11.1. The molecule has 1 heterocycles. The predicted octanol–water partition coefficient (Wildman–Crippen LogP) is 3.09. The number of hydrogen-bond acceptors (Lipinski definition) is 3. The number of likely N-dealkylation sites (tertiary alicyclic amines) is 1. The van der Waals surface area contributed by atoms with E-state index in [0.717, 1.165) is 19.4 Å². The highest BCUT2D eigenvalue weighted by molar-refractivity contribution is 7.98. The van der Waals surface area contributed by atoms with E-state index >= 15 is 0 Å². The van der Waals surface area contributed by atoms with Crippen molar-refractivity contribution in [3.63, 3.8) is 0 Å². The Labute approximate surface area is 119 Å². The summed E-state index contributed by atoms with van der Waals surface area (Å²) in [5.74, 6) is -0.865. The topological polar surface area (TPSA) is 40.5 Å². The third kappa shape index (κ3) is 3.74. The second kappa shape index (κ2) is 6.44. The minimum atomic E-state index is -0.658. The van der Waals surface area contributed by atoms with Gasteiger partial charge in [0.1, 0.15) is 0 Å². The molecule has 2 atom stereocenters. The van der Waals surface area contributed by atoms with Gasteiger partial charge in [0.15, 0.2) is 0 Å². The molecule has 0 saturated carbocycles. The third-order valence-electron chi connectivity index (χ3n) is 3.91. The van der Waals surface area contributed by atoms with Gasteiger partial charge in [-0.1, -0.05) is 12.1 Å². The van der Waals surface area contributed by atoms with Crippen LogP contribution in [0.25, 0.3) is 0 Å². The van der Waals surface area contributed by atoms with Gasteiger partial charge in [0.25, 0.3) is 0 Å². The van der Waals surface area contributed by atoms with Gasteiger partial charge in [-0.25, -0.2) is 0 Å². The van der Waals surface area contributed by atoms with Crippen LogP contribution < -0.4 is 0 Å². The molecule has 3 nitrogen and oxygen atoms in total. The number of rotatable bonds is 4. The molecular formula is C15H21NO2S. The van der Waals surface area contributed by atoms with Gasteiger partial charge in [0, 0.05) is 24.0 Å². The average molecular weight is 279 g/mol. The quantitative estimate of drug-likeness (QED) is 0.860. The van der Waals surface area contributed by atoms with Gasteiger partial charge in [-0.3, -0.25) is 9.69 Å². The summed E-state index contributed by atoms with van der Waals surface area (Å²) in [7, 11) is 0. The standard InChI is InChI=1S/C15H21NO2S/c1-11-3-6-13(15(17)18)10-16(11)9-12-4-7-14(19-2)8-5-12/h4-5,7-8,11,13H,3,6,9-10H2,1-2H3,(H,17,18). The molecule has 1 aromatic rings. The molecule has 2 unspecified atom stereocenters. The van der Waals surface area contributed by atoms with Crippen molar-refractivity contribution in [3.05, 3.63) is 29.8 Å². The van der Waals surface area contributed by atoms with Crippen molar-refractivity contribution in [1.29, 1.82) is 0 Å². The van der Waals surface area contributed by atoms with Crippen molar-refractivity contribution < 1.29 is 9.90 Å². The molecule has 104 valence electrons. The monoisotopic (exact) mass is 279 g/mol. The molecule has 0 amide bonds. The van der Waals surface area contributed by atoms with Crippen molar-refractivity contribution >= 4 is 17.7 Å². The van der Waals surface area contributed by atoms with E-state index in [-0.39, 0.29) is 5.92 Å². The molecule has 2 rings (SSSR count). The van der Waals surface area contributed by atoms with Crippen LogP contribution in [0.3, 0.4) is 0 Å². The van der Waals surface area contributed by atoms with Gasteiger partial charge >= 0.3 is 5.97 Å². The Bertz CT molecular complexity index is 432. The molecule has 1 aliphatic heterocycles. The molecule has 0 aromatic heterocycles. The van der Waals surface area contributed by atoms with E-state index in [2.05, 4.69) is 42.3 Å². The summed E-state index contributed by atoms with van der Waals surface area (Å²) in [6.07, 6.45) is 3.84. The number of carbonyl (C=O) groups is 1. The average Bonchev–Trinajstić information content (AvgIpc) is 2.42. The van der Waals surface area contributed by atoms with Crippen molar-refractivity contribution in [2.24, 2.45) is 5.92 Å². The summed E-state index contributed by atoms with van der Waals surface area (Å²) in [6.45, 7) is 3.70. The number of nitrogens with zero attached hydrogens (tertiary/aromatic N) is 1. The number of benzene rings is 1. The summed E-state index contributed by atoms with van der Waals surface area (Å²) in [4.78, 5) is 14.7. The van der Waals surface area contributed by atoms with Crippen LogP contribution in [-0.4, -0.2) is 34.8 Å². The summed E-state index contributed by atoms with van der Waals surface area (Å²) >= 11 is 1.74. The normalized spacial score (nSPS) is 24.3. The van der Waals surface area contributed by atoms with E-state index < -0.39 is 5.97 Å². The molecule has 0 radical (unpaired) electrons. The van der Waals surface area contributed by atoms with E-state index in [9.17, 15) is 4.79 Å². The van der Waals surface area contributed by atoms with Gasteiger partial charge in [-0.05, 0) is 43.7 Å². The smallest absolute Gasteiger partial charge is 0.307 e. The molecular weight excluding hydrogens is 258 g/mol. The minimum Gasteiger partial charge on any atom is -0.481 e. The summed E-state index contributed by atoms with van der Waals surface area (Å²) < 4.78 is 0. The Morgan fingerprint density at radius 3 is 2.63 bits per heavy atom. The van der Waals surface area contributed by atoms with Crippen LogP contribution in [0.15, 0.2) is 29.2 Å². The third-order valence-corrected chi connectivity index (χ3v) is 4.65. The number of hydrogen-bond donors (Lipinski definition) is 1. The lowest BCUT2D eigenvalue weighted by atomic mass is 9.93. The second-order valence-electron chi connectivity index (χ2n) is 5.24. The molecule has 1 fully saturated rings. The van der Waals surface area contributed by atoms with Crippen molar-refractivity contribution in [2.75, 3.05) is 12.8 Å². The van der Waals surface area contributed by atoms with E-state index in [1.807, 2.05) is 0 Å². The van der Waals surface area contributed by atoms with Crippen molar-refractivity contribution in [3.8, 4) is 0 Å². The van der Waals surface area contributed by atoms with Gasteiger partial charge in [-0.15, -0.1) is 11.8 Å². The summed E-state index contributed by atoms with van der Waals surface area (Å²) in [6, 6.07) is 9.01. The summed E-state index contributed by atoms with van der Waals surface area (Å²) in [5.41, 5.74) is 1.26. The van der Waals surface area contributed by atoms with E-state index in [1.54, 1.807) is 11.8 Å². The van der Waals surface area contributed by atoms with E-state index in [1.165, 1.54) is 10.5 Å². The molecule has 0 spiro atoms. The highest BCUT2D eigenvalue weighted by atomic mass is 32.2. The molecule has 0 bridgehead atoms. The number of carboxylic acid groups (broad SMARTS) is 1. The first-order chi connectivity index (χ1) is 9.10. The minimum absolute atomic E-state index is 0.207. The van der Waals surface area contributed by atoms with Gasteiger partial charge in [-0.2, -0.15) is 0 Å².